The summed E-state index contributed by atoms with van der Waals surface area (Å²) >= 11 is 1.70. The molecule has 2 heteroatoms. The summed E-state index contributed by atoms with van der Waals surface area (Å²) in [5.74, 6) is 0. The summed E-state index contributed by atoms with van der Waals surface area (Å²) in [6, 6.07) is 12.4. The average Bonchev–Trinajstić information content (AvgIpc) is 2.47. The number of nitrogens with zero attached hydrogens (tertiary/aromatic N) is 1. The van der Waals surface area contributed by atoms with Gasteiger partial charge < -0.3 is 0 Å². The minimum atomic E-state index is 0.527. The third-order valence-electron chi connectivity index (χ3n) is 1.73. The summed E-state index contributed by atoms with van der Waals surface area (Å²) in [5.41, 5.74) is 0. The molecule has 0 aliphatic rings. The number of hydrogen-bond donors (Lipinski definition) is 0. The number of benzene rings is 1. The van der Waals surface area contributed by atoms with Crippen LogP contribution in [0.4, 0.5) is 0 Å². The highest BCUT2D eigenvalue weighted by Gasteiger charge is 1.98. The first-order valence-electron chi connectivity index (χ1n) is 3.74. The molecule has 0 atom stereocenters. The van der Waals surface area contributed by atoms with Crippen LogP contribution in [0.1, 0.15) is 4.88 Å². The van der Waals surface area contributed by atoms with Gasteiger partial charge in [0, 0.05) is 9.58 Å². The number of fused-ring (bicyclic) bond motifs is 1. The van der Waals surface area contributed by atoms with E-state index in [1.54, 1.807) is 11.3 Å². The third-order valence-corrected chi connectivity index (χ3v) is 2.85. The van der Waals surface area contributed by atoms with Crippen LogP contribution >= 0.6 is 11.3 Å². The molecule has 0 fully saturated rings. The summed E-state index contributed by atoms with van der Waals surface area (Å²) in [7, 11) is 0. The predicted octanol–water partition coefficient (Wildman–Crippen LogP) is 2.97. The van der Waals surface area contributed by atoms with Crippen molar-refractivity contribution >= 4 is 21.4 Å². The first kappa shape index (κ1) is 7.33. The molecule has 1 aromatic heterocycles. The number of rotatable bonds is 1. The van der Waals surface area contributed by atoms with Crippen LogP contribution < -0.4 is 0 Å². The second kappa shape index (κ2) is 2.96. The van der Waals surface area contributed by atoms with Crippen molar-refractivity contribution < 1.29 is 0 Å². The van der Waals surface area contributed by atoms with Crippen LogP contribution in [0.2, 0.25) is 0 Å². The van der Waals surface area contributed by atoms with E-state index in [2.05, 4.69) is 24.3 Å². The Bertz CT molecular complexity index is 403. The minimum absolute atomic E-state index is 0.527. The molecular weight excluding hydrogens is 166 g/mol. The van der Waals surface area contributed by atoms with Crippen molar-refractivity contribution in [2.75, 3.05) is 0 Å². The van der Waals surface area contributed by atoms with Crippen LogP contribution in [-0.2, 0) is 6.42 Å². The standard InChI is InChI=1S/C10H7NS/c11-6-5-9-7-8-3-1-2-4-10(8)12-9/h1-4,7H,5H2. The van der Waals surface area contributed by atoms with Crippen LogP contribution in [-0.4, -0.2) is 0 Å². The second-order valence-corrected chi connectivity index (χ2v) is 3.75. The lowest BCUT2D eigenvalue weighted by atomic mass is 10.2. The average molecular weight is 173 g/mol. The normalized spacial score (nSPS) is 9.92. The van der Waals surface area contributed by atoms with Gasteiger partial charge in [-0.25, -0.2) is 0 Å². The van der Waals surface area contributed by atoms with Crippen molar-refractivity contribution in [1.82, 2.24) is 0 Å². The lowest BCUT2D eigenvalue weighted by Crippen LogP contribution is -1.68. The molecule has 0 saturated carbocycles. The van der Waals surface area contributed by atoms with Crippen molar-refractivity contribution in [3.63, 3.8) is 0 Å². The highest BCUT2D eigenvalue weighted by atomic mass is 32.1. The lowest BCUT2D eigenvalue weighted by Gasteiger charge is -1.82. The van der Waals surface area contributed by atoms with Gasteiger partial charge in [-0.2, -0.15) is 5.26 Å². The molecule has 58 valence electrons. The number of thiophene rings is 1. The Morgan fingerprint density at radius 3 is 2.92 bits per heavy atom. The highest BCUT2D eigenvalue weighted by Crippen LogP contribution is 2.25. The van der Waals surface area contributed by atoms with Crippen molar-refractivity contribution in [2.45, 2.75) is 6.42 Å². The van der Waals surface area contributed by atoms with E-state index in [1.807, 2.05) is 12.1 Å². The maximum atomic E-state index is 8.50. The van der Waals surface area contributed by atoms with Gasteiger partial charge in [0.2, 0.25) is 0 Å². The van der Waals surface area contributed by atoms with Gasteiger partial charge in [0.1, 0.15) is 0 Å². The molecule has 0 spiro atoms. The van der Waals surface area contributed by atoms with Gasteiger partial charge in [-0.3, -0.25) is 0 Å². The largest absolute Gasteiger partial charge is 0.198 e. The Kier molecular flexibility index (Phi) is 1.81. The fourth-order valence-corrected chi connectivity index (χ4v) is 2.20. The van der Waals surface area contributed by atoms with E-state index in [0.29, 0.717) is 6.42 Å². The Balaban J connectivity index is 2.56. The summed E-state index contributed by atoms with van der Waals surface area (Å²) in [6.07, 6.45) is 0.527. The first-order valence-corrected chi connectivity index (χ1v) is 4.56. The summed E-state index contributed by atoms with van der Waals surface area (Å²) < 4.78 is 1.27. The van der Waals surface area contributed by atoms with E-state index >= 15 is 0 Å². The molecule has 12 heavy (non-hydrogen) atoms. The molecule has 0 aliphatic carbocycles. The van der Waals surface area contributed by atoms with Gasteiger partial charge in [-0.1, -0.05) is 18.2 Å². The summed E-state index contributed by atoms with van der Waals surface area (Å²) in [6.45, 7) is 0. The van der Waals surface area contributed by atoms with Crippen LogP contribution in [0.25, 0.3) is 10.1 Å². The molecule has 2 rings (SSSR count). The van der Waals surface area contributed by atoms with Crippen molar-refractivity contribution in [2.24, 2.45) is 0 Å². The van der Waals surface area contributed by atoms with E-state index in [0.717, 1.165) is 4.88 Å². The van der Waals surface area contributed by atoms with E-state index in [4.69, 9.17) is 5.26 Å². The maximum absolute atomic E-state index is 8.50. The number of hydrogen-bond acceptors (Lipinski definition) is 2. The van der Waals surface area contributed by atoms with E-state index < -0.39 is 0 Å². The Labute approximate surface area is 74.9 Å². The quantitative estimate of drug-likeness (QED) is 0.650. The van der Waals surface area contributed by atoms with Crippen LogP contribution in [0.15, 0.2) is 30.3 Å². The van der Waals surface area contributed by atoms with Crippen molar-refractivity contribution in [3.05, 3.63) is 35.2 Å². The van der Waals surface area contributed by atoms with Gasteiger partial charge in [-0.05, 0) is 17.5 Å². The first-order chi connectivity index (χ1) is 5.90. The summed E-state index contributed by atoms with van der Waals surface area (Å²) in [5, 5.41) is 9.74. The zero-order chi connectivity index (χ0) is 8.39. The molecule has 0 unspecified atom stereocenters. The van der Waals surface area contributed by atoms with Crippen molar-refractivity contribution in [1.29, 1.82) is 5.26 Å². The van der Waals surface area contributed by atoms with E-state index in [9.17, 15) is 0 Å². The van der Waals surface area contributed by atoms with Gasteiger partial charge in [0.25, 0.3) is 0 Å². The molecule has 0 radical (unpaired) electrons. The monoisotopic (exact) mass is 173 g/mol. The third kappa shape index (κ3) is 1.19. The SMILES string of the molecule is N#CCc1cc2ccccc2s1. The smallest absolute Gasteiger partial charge is 0.0696 e. The molecule has 0 saturated heterocycles. The molecule has 0 amide bonds. The molecule has 1 heterocycles. The molecule has 1 nitrogen and oxygen atoms in total. The molecule has 1 aromatic carbocycles. The predicted molar refractivity (Wildman–Crippen MR) is 51.1 cm³/mol. The Hall–Kier alpha value is -1.33. The minimum Gasteiger partial charge on any atom is -0.198 e. The maximum Gasteiger partial charge on any atom is 0.0696 e. The second-order valence-electron chi connectivity index (χ2n) is 2.59. The van der Waals surface area contributed by atoms with Gasteiger partial charge in [-0.15, -0.1) is 11.3 Å². The molecule has 2 aromatic rings. The Morgan fingerprint density at radius 2 is 2.17 bits per heavy atom. The zero-order valence-corrected chi connectivity index (χ0v) is 7.27. The highest BCUT2D eigenvalue weighted by molar-refractivity contribution is 7.19. The van der Waals surface area contributed by atoms with Gasteiger partial charge in [0.05, 0.1) is 12.5 Å². The fraction of sp³-hybridized carbons (Fsp3) is 0.100. The lowest BCUT2D eigenvalue weighted by molar-refractivity contribution is 1.32. The van der Waals surface area contributed by atoms with Crippen molar-refractivity contribution in [3.8, 4) is 6.07 Å². The fourth-order valence-electron chi connectivity index (χ4n) is 1.20. The van der Waals surface area contributed by atoms with Gasteiger partial charge >= 0.3 is 0 Å². The zero-order valence-electron chi connectivity index (χ0n) is 6.45. The van der Waals surface area contributed by atoms with Crippen LogP contribution in [0, 0.1) is 11.3 Å². The topological polar surface area (TPSA) is 23.8 Å². The molecule has 0 aliphatic heterocycles. The molecular formula is C10H7NS. The number of nitriles is 1. The summed E-state index contributed by atoms with van der Waals surface area (Å²) in [4.78, 5) is 1.15. The van der Waals surface area contributed by atoms with E-state index in [-0.39, 0.29) is 0 Å². The Morgan fingerprint density at radius 1 is 1.33 bits per heavy atom. The van der Waals surface area contributed by atoms with Crippen LogP contribution in [0.3, 0.4) is 0 Å². The van der Waals surface area contributed by atoms with E-state index in [1.165, 1.54) is 10.1 Å². The van der Waals surface area contributed by atoms with Gasteiger partial charge in [0.15, 0.2) is 0 Å². The molecule has 0 bridgehead atoms. The van der Waals surface area contributed by atoms with Crippen LogP contribution in [0.5, 0.6) is 0 Å². The molecule has 0 N–H and O–H groups in total.